The molecule has 0 spiro atoms. The lowest BCUT2D eigenvalue weighted by Crippen LogP contribution is -2.42. The number of hydrogen-bond donors (Lipinski definition) is 2. The summed E-state index contributed by atoms with van der Waals surface area (Å²) in [6.07, 6.45) is 7.43. The fourth-order valence-electron chi connectivity index (χ4n) is 3.40. The highest BCUT2D eigenvalue weighted by atomic mass is 16.3. The van der Waals surface area contributed by atoms with Crippen LogP contribution in [0.3, 0.4) is 0 Å². The van der Waals surface area contributed by atoms with Crippen molar-refractivity contribution in [3.8, 4) is 0 Å². The summed E-state index contributed by atoms with van der Waals surface area (Å²) in [5, 5.41) is 18.6. The Morgan fingerprint density at radius 2 is 1.90 bits per heavy atom. The van der Waals surface area contributed by atoms with Crippen LogP contribution in [0.1, 0.15) is 62.9 Å². The molecule has 1 aliphatic rings. The summed E-state index contributed by atoms with van der Waals surface area (Å²) in [5.41, 5.74) is 3.34. The topological polar surface area (TPSA) is 50.1 Å². The van der Waals surface area contributed by atoms with Crippen LogP contribution in [-0.4, -0.2) is 27.0 Å². The summed E-state index contributed by atoms with van der Waals surface area (Å²) in [5.74, 6) is 0. The quantitative estimate of drug-likeness (QED) is 0.840. The standard InChI is InChI=1S/C16H29N3O/c1-4-14-13(15(5-2)19(3)18-14)11-17-12-16(20)9-7-6-8-10-16/h17,20H,4-12H2,1-3H3. The highest BCUT2D eigenvalue weighted by molar-refractivity contribution is 5.26. The maximum Gasteiger partial charge on any atom is 0.0771 e. The van der Waals surface area contributed by atoms with Crippen LogP contribution in [0, 0.1) is 0 Å². The molecule has 114 valence electrons. The minimum atomic E-state index is -0.487. The molecule has 1 heterocycles. The number of aliphatic hydroxyl groups is 1. The first-order valence-corrected chi connectivity index (χ1v) is 8.06. The van der Waals surface area contributed by atoms with Crippen LogP contribution >= 0.6 is 0 Å². The Balaban J connectivity index is 1.96. The summed E-state index contributed by atoms with van der Waals surface area (Å²) in [4.78, 5) is 0. The molecule has 0 amide bonds. The van der Waals surface area contributed by atoms with Gasteiger partial charge in [-0.3, -0.25) is 4.68 Å². The molecule has 1 aromatic rings. The van der Waals surface area contributed by atoms with Crippen LogP contribution in [0.4, 0.5) is 0 Å². The van der Waals surface area contributed by atoms with E-state index in [1.54, 1.807) is 0 Å². The van der Waals surface area contributed by atoms with Crippen molar-refractivity contribution in [3.05, 3.63) is 17.0 Å². The molecule has 0 aliphatic heterocycles. The summed E-state index contributed by atoms with van der Waals surface area (Å²) in [6.45, 7) is 5.85. The van der Waals surface area contributed by atoms with Crippen molar-refractivity contribution in [3.63, 3.8) is 0 Å². The van der Waals surface area contributed by atoms with Crippen molar-refractivity contribution < 1.29 is 5.11 Å². The van der Waals surface area contributed by atoms with E-state index in [0.29, 0.717) is 6.54 Å². The maximum absolute atomic E-state index is 10.5. The number of aromatic nitrogens is 2. The lowest BCUT2D eigenvalue weighted by molar-refractivity contribution is 0.00465. The van der Waals surface area contributed by atoms with Crippen LogP contribution in [0.2, 0.25) is 0 Å². The zero-order valence-electron chi connectivity index (χ0n) is 13.2. The second-order valence-corrected chi connectivity index (χ2v) is 6.09. The number of rotatable bonds is 6. The van der Waals surface area contributed by atoms with Crippen LogP contribution in [0.15, 0.2) is 0 Å². The third-order valence-corrected chi connectivity index (χ3v) is 4.57. The molecule has 4 heteroatoms. The van der Waals surface area contributed by atoms with E-state index >= 15 is 0 Å². The first-order chi connectivity index (χ1) is 9.59. The Hall–Kier alpha value is -0.870. The monoisotopic (exact) mass is 279 g/mol. The molecule has 0 atom stereocenters. The summed E-state index contributed by atoms with van der Waals surface area (Å²) >= 11 is 0. The van der Waals surface area contributed by atoms with Gasteiger partial charge in [-0.15, -0.1) is 0 Å². The molecule has 1 saturated carbocycles. The predicted octanol–water partition coefficient (Wildman–Crippen LogP) is 2.33. The van der Waals surface area contributed by atoms with Gasteiger partial charge in [0, 0.05) is 31.4 Å². The van der Waals surface area contributed by atoms with E-state index < -0.39 is 5.60 Å². The average Bonchev–Trinajstić information content (AvgIpc) is 2.75. The second-order valence-electron chi connectivity index (χ2n) is 6.09. The van der Waals surface area contributed by atoms with Gasteiger partial charge in [0.1, 0.15) is 0 Å². The van der Waals surface area contributed by atoms with Gasteiger partial charge in [-0.25, -0.2) is 0 Å². The van der Waals surface area contributed by atoms with Gasteiger partial charge in [0.05, 0.1) is 11.3 Å². The van der Waals surface area contributed by atoms with Crippen LogP contribution in [0.5, 0.6) is 0 Å². The van der Waals surface area contributed by atoms with Gasteiger partial charge in [-0.05, 0) is 25.7 Å². The Kier molecular flexibility index (Phi) is 5.22. The molecule has 0 aromatic carbocycles. The molecule has 2 rings (SSSR count). The van der Waals surface area contributed by atoms with E-state index in [-0.39, 0.29) is 0 Å². The largest absolute Gasteiger partial charge is 0.389 e. The van der Waals surface area contributed by atoms with Crippen LogP contribution in [0.25, 0.3) is 0 Å². The van der Waals surface area contributed by atoms with Crippen molar-refractivity contribution in [1.82, 2.24) is 15.1 Å². The minimum Gasteiger partial charge on any atom is -0.389 e. The number of nitrogens with zero attached hydrogens (tertiary/aromatic N) is 2. The highest BCUT2D eigenvalue weighted by Gasteiger charge is 2.28. The van der Waals surface area contributed by atoms with Gasteiger partial charge in [0.2, 0.25) is 0 Å². The molecule has 0 unspecified atom stereocenters. The van der Waals surface area contributed by atoms with Gasteiger partial charge < -0.3 is 10.4 Å². The van der Waals surface area contributed by atoms with E-state index in [4.69, 9.17) is 0 Å². The highest BCUT2D eigenvalue weighted by Crippen LogP contribution is 2.27. The molecule has 1 fully saturated rings. The zero-order chi connectivity index (χ0) is 14.6. The van der Waals surface area contributed by atoms with Crippen LogP contribution < -0.4 is 5.32 Å². The molecule has 0 bridgehead atoms. The summed E-state index contributed by atoms with van der Waals surface area (Å²) in [6, 6.07) is 0. The third kappa shape index (κ3) is 3.41. The molecular weight excluding hydrogens is 250 g/mol. The molecule has 2 N–H and O–H groups in total. The number of aryl methyl sites for hydroxylation is 2. The van der Waals surface area contributed by atoms with E-state index in [1.165, 1.54) is 23.4 Å². The molecule has 0 radical (unpaired) electrons. The Morgan fingerprint density at radius 1 is 1.20 bits per heavy atom. The van der Waals surface area contributed by atoms with E-state index in [2.05, 4.69) is 24.3 Å². The summed E-state index contributed by atoms with van der Waals surface area (Å²) in [7, 11) is 2.02. The third-order valence-electron chi connectivity index (χ3n) is 4.57. The van der Waals surface area contributed by atoms with Crippen molar-refractivity contribution in [2.45, 2.75) is 70.9 Å². The molecule has 1 aromatic heterocycles. The molecule has 0 saturated heterocycles. The first kappa shape index (κ1) is 15.5. The molecule has 1 aliphatic carbocycles. The Labute approximate surface area is 122 Å². The smallest absolute Gasteiger partial charge is 0.0771 e. The fraction of sp³-hybridized carbons (Fsp3) is 0.812. The van der Waals surface area contributed by atoms with Gasteiger partial charge in [0.15, 0.2) is 0 Å². The normalized spacial score (nSPS) is 18.4. The number of hydrogen-bond acceptors (Lipinski definition) is 3. The van der Waals surface area contributed by atoms with Crippen molar-refractivity contribution in [2.24, 2.45) is 7.05 Å². The van der Waals surface area contributed by atoms with Gasteiger partial charge in [0.25, 0.3) is 0 Å². The van der Waals surface area contributed by atoms with Gasteiger partial charge in [-0.2, -0.15) is 5.10 Å². The maximum atomic E-state index is 10.5. The lowest BCUT2D eigenvalue weighted by Gasteiger charge is -2.32. The van der Waals surface area contributed by atoms with Crippen molar-refractivity contribution >= 4 is 0 Å². The molecular formula is C16H29N3O. The van der Waals surface area contributed by atoms with Gasteiger partial charge in [-0.1, -0.05) is 33.1 Å². The van der Waals surface area contributed by atoms with Crippen molar-refractivity contribution in [2.75, 3.05) is 6.54 Å². The predicted molar refractivity (Wildman–Crippen MR) is 81.7 cm³/mol. The lowest BCUT2D eigenvalue weighted by atomic mass is 9.85. The Bertz CT molecular complexity index is 433. The van der Waals surface area contributed by atoms with E-state index in [1.807, 2.05) is 11.7 Å². The van der Waals surface area contributed by atoms with Gasteiger partial charge >= 0.3 is 0 Å². The fourth-order valence-corrected chi connectivity index (χ4v) is 3.40. The van der Waals surface area contributed by atoms with E-state index in [9.17, 15) is 5.11 Å². The number of nitrogens with one attached hydrogen (secondary N) is 1. The second kappa shape index (κ2) is 6.72. The van der Waals surface area contributed by atoms with E-state index in [0.717, 1.165) is 45.1 Å². The molecule has 20 heavy (non-hydrogen) atoms. The zero-order valence-corrected chi connectivity index (χ0v) is 13.2. The first-order valence-electron chi connectivity index (χ1n) is 8.06. The summed E-state index contributed by atoms with van der Waals surface area (Å²) < 4.78 is 2.01. The molecule has 4 nitrogen and oxygen atoms in total. The SMILES string of the molecule is CCc1nn(C)c(CC)c1CNCC1(O)CCCCC1. The van der Waals surface area contributed by atoms with Crippen LogP contribution in [-0.2, 0) is 26.4 Å². The minimum absolute atomic E-state index is 0.487. The Morgan fingerprint density at radius 3 is 2.50 bits per heavy atom. The van der Waals surface area contributed by atoms with Crippen molar-refractivity contribution in [1.29, 1.82) is 0 Å². The average molecular weight is 279 g/mol.